The van der Waals surface area contributed by atoms with E-state index in [2.05, 4.69) is 12.1 Å². The first kappa shape index (κ1) is 20.8. The minimum absolute atomic E-state index is 0.0523. The van der Waals surface area contributed by atoms with Gasteiger partial charge in [-0.05, 0) is 36.6 Å². The summed E-state index contributed by atoms with van der Waals surface area (Å²) in [5.41, 5.74) is 1.15. The van der Waals surface area contributed by atoms with Crippen molar-refractivity contribution in [2.24, 2.45) is 0 Å². The number of thiophene rings is 1. The second-order valence-corrected chi connectivity index (χ2v) is 10.2. The maximum Gasteiger partial charge on any atom is 0.246 e. The smallest absolute Gasteiger partial charge is 0.246 e. The number of amides is 1. The van der Waals surface area contributed by atoms with Gasteiger partial charge in [0.2, 0.25) is 5.91 Å². The van der Waals surface area contributed by atoms with Crippen molar-refractivity contribution in [3.8, 4) is 10.4 Å². The Morgan fingerprint density at radius 1 is 1.25 bits per heavy atom. The molecule has 7 heteroatoms. The minimum Gasteiger partial charge on any atom is -0.385 e. The first-order valence-corrected chi connectivity index (χ1v) is 12.0. The van der Waals surface area contributed by atoms with Crippen LogP contribution in [0.2, 0.25) is 0 Å². The van der Waals surface area contributed by atoms with Crippen LogP contribution in [0.25, 0.3) is 16.5 Å². The van der Waals surface area contributed by atoms with Gasteiger partial charge in [-0.3, -0.25) is 4.79 Å². The average molecular weight is 420 g/mol. The Morgan fingerprint density at radius 3 is 2.71 bits per heavy atom. The van der Waals surface area contributed by atoms with Gasteiger partial charge < -0.3 is 9.64 Å². The number of carbonyl (C=O) groups is 1. The highest BCUT2D eigenvalue weighted by atomic mass is 32.2. The zero-order valence-corrected chi connectivity index (χ0v) is 17.5. The normalized spacial score (nSPS) is 18.5. The molecule has 0 aliphatic carbocycles. The van der Waals surface area contributed by atoms with Gasteiger partial charge in [-0.1, -0.05) is 30.3 Å². The Balaban J connectivity index is 1.69. The third-order valence-electron chi connectivity index (χ3n) is 4.75. The lowest BCUT2D eigenvalue weighted by atomic mass is 10.2. The average Bonchev–Trinajstić information content (AvgIpc) is 3.30. The van der Waals surface area contributed by atoms with Crippen LogP contribution in [0.5, 0.6) is 0 Å². The number of carbonyl (C=O) groups excluding carboxylic acids is 1. The lowest BCUT2D eigenvalue weighted by Crippen LogP contribution is -2.41. The molecule has 3 rings (SSSR count). The number of hydrogen-bond acceptors (Lipinski definition) is 5. The first-order valence-electron chi connectivity index (χ1n) is 9.32. The van der Waals surface area contributed by atoms with Gasteiger partial charge in [-0.2, -0.15) is 0 Å². The largest absolute Gasteiger partial charge is 0.385 e. The van der Waals surface area contributed by atoms with E-state index in [1.165, 1.54) is 0 Å². The predicted molar refractivity (Wildman–Crippen MR) is 114 cm³/mol. The van der Waals surface area contributed by atoms with Crippen LogP contribution in [0.1, 0.15) is 17.7 Å². The van der Waals surface area contributed by atoms with Crippen molar-refractivity contribution in [2.75, 3.05) is 31.8 Å². The molecule has 150 valence electrons. The fourth-order valence-corrected chi connectivity index (χ4v) is 5.97. The van der Waals surface area contributed by atoms with Gasteiger partial charge >= 0.3 is 0 Å². The van der Waals surface area contributed by atoms with E-state index < -0.39 is 9.84 Å². The van der Waals surface area contributed by atoms with Crippen molar-refractivity contribution < 1.29 is 17.9 Å². The Labute approximate surface area is 170 Å². The lowest BCUT2D eigenvalue weighted by Gasteiger charge is -2.27. The van der Waals surface area contributed by atoms with E-state index in [-0.39, 0.29) is 23.5 Å². The molecule has 1 unspecified atom stereocenters. The zero-order valence-electron chi connectivity index (χ0n) is 15.9. The molecule has 1 aromatic heterocycles. The monoisotopic (exact) mass is 419 g/mol. The highest BCUT2D eigenvalue weighted by Gasteiger charge is 2.33. The Hall–Kier alpha value is -1.96. The number of rotatable bonds is 8. The van der Waals surface area contributed by atoms with E-state index in [4.69, 9.17) is 4.74 Å². The maximum absolute atomic E-state index is 12.8. The van der Waals surface area contributed by atoms with Gasteiger partial charge in [-0.25, -0.2) is 8.42 Å². The summed E-state index contributed by atoms with van der Waals surface area (Å²) in [6, 6.07) is 13.9. The first-order chi connectivity index (χ1) is 13.5. The van der Waals surface area contributed by atoms with Crippen LogP contribution in [-0.2, 0) is 19.4 Å². The van der Waals surface area contributed by atoms with Gasteiger partial charge in [0.15, 0.2) is 9.84 Å². The van der Waals surface area contributed by atoms with Crippen molar-refractivity contribution in [2.45, 2.75) is 18.9 Å². The van der Waals surface area contributed by atoms with Crippen molar-refractivity contribution >= 4 is 33.2 Å². The highest BCUT2D eigenvalue weighted by molar-refractivity contribution is 7.91. The van der Waals surface area contributed by atoms with E-state index in [9.17, 15) is 13.2 Å². The van der Waals surface area contributed by atoms with E-state index in [0.29, 0.717) is 26.0 Å². The summed E-state index contributed by atoms with van der Waals surface area (Å²) in [7, 11) is -1.43. The number of sulfone groups is 1. The minimum atomic E-state index is -3.05. The van der Waals surface area contributed by atoms with Gasteiger partial charge in [0.05, 0.1) is 11.5 Å². The molecule has 1 amide bonds. The third-order valence-corrected chi connectivity index (χ3v) is 7.60. The number of methoxy groups -OCH3 is 1. The van der Waals surface area contributed by atoms with E-state index >= 15 is 0 Å². The van der Waals surface area contributed by atoms with Gasteiger partial charge in [-0.15, -0.1) is 11.3 Å². The third kappa shape index (κ3) is 5.53. The number of nitrogens with zero attached hydrogens (tertiary/aromatic N) is 1. The van der Waals surface area contributed by atoms with Crippen LogP contribution in [-0.4, -0.2) is 57.0 Å². The van der Waals surface area contributed by atoms with Gasteiger partial charge in [0.1, 0.15) is 0 Å². The van der Waals surface area contributed by atoms with Crippen LogP contribution < -0.4 is 0 Å². The molecule has 0 bridgehead atoms. The summed E-state index contributed by atoms with van der Waals surface area (Å²) in [6.07, 6.45) is 4.56. The second kappa shape index (κ2) is 9.49. The van der Waals surface area contributed by atoms with E-state index in [1.54, 1.807) is 29.4 Å². The second-order valence-electron chi connectivity index (χ2n) is 6.84. The number of hydrogen-bond donors (Lipinski definition) is 0. The number of benzene rings is 1. The summed E-state index contributed by atoms with van der Waals surface area (Å²) in [5, 5.41) is 0. The quantitative estimate of drug-likeness (QED) is 0.485. The van der Waals surface area contributed by atoms with Gasteiger partial charge in [0.25, 0.3) is 0 Å². The molecule has 2 heterocycles. The molecule has 1 fully saturated rings. The topological polar surface area (TPSA) is 63.7 Å². The Kier molecular flexibility index (Phi) is 7.04. The summed E-state index contributed by atoms with van der Waals surface area (Å²) in [6.45, 7) is 1.04. The van der Waals surface area contributed by atoms with Crippen molar-refractivity contribution in [1.29, 1.82) is 0 Å². The maximum atomic E-state index is 12.8. The standard InChI is InChI=1S/C21H25NO4S2/c1-26-14-5-13-22(18-12-15-28(24,25)16-18)21(23)11-9-19-8-10-20(27-19)17-6-3-2-4-7-17/h2-4,6-11,18H,5,12-16H2,1H3/b11-9+. The SMILES string of the molecule is COCCCN(C(=O)/C=C/c1ccc(-c2ccccc2)s1)C1CCS(=O)(=O)C1. The highest BCUT2D eigenvalue weighted by Crippen LogP contribution is 2.28. The van der Waals surface area contributed by atoms with Gasteiger partial charge in [0, 0.05) is 42.1 Å². The summed E-state index contributed by atoms with van der Waals surface area (Å²) in [5.74, 6) is 0.0604. The molecule has 1 aliphatic rings. The molecule has 1 aromatic carbocycles. The van der Waals surface area contributed by atoms with Crippen molar-refractivity contribution in [3.05, 3.63) is 53.4 Å². The zero-order chi connectivity index (χ0) is 20.0. The van der Waals surface area contributed by atoms with E-state index in [0.717, 1.165) is 15.3 Å². The molecule has 28 heavy (non-hydrogen) atoms. The fourth-order valence-electron chi connectivity index (χ4n) is 3.32. The predicted octanol–water partition coefficient (Wildman–Crippen LogP) is 3.48. The van der Waals surface area contributed by atoms with Crippen LogP contribution in [0.4, 0.5) is 0 Å². The Bertz CT molecular complexity index is 919. The van der Waals surface area contributed by atoms with E-state index in [1.807, 2.05) is 36.4 Å². The van der Waals surface area contributed by atoms with Crippen LogP contribution in [0.3, 0.4) is 0 Å². The van der Waals surface area contributed by atoms with Crippen molar-refractivity contribution in [1.82, 2.24) is 4.90 Å². The fraction of sp³-hybridized carbons (Fsp3) is 0.381. The molecule has 1 atom stereocenters. The van der Waals surface area contributed by atoms with Crippen molar-refractivity contribution in [3.63, 3.8) is 0 Å². The summed E-state index contributed by atoms with van der Waals surface area (Å²) in [4.78, 5) is 16.6. The van der Waals surface area contributed by atoms with Crippen LogP contribution >= 0.6 is 11.3 Å². The molecule has 2 aromatic rings. The van der Waals surface area contributed by atoms with Crippen LogP contribution in [0.15, 0.2) is 48.5 Å². The lowest BCUT2D eigenvalue weighted by molar-refractivity contribution is -0.127. The summed E-state index contributed by atoms with van der Waals surface area (Å²) >= 11 is 1.62. The molecule has 0 radical (unpaired) electrons. The molecule has 5 nitrogen and oxygen atoms in total. The molecule has 1 aliphatic heterocycles. The molecular formula is C21H25NO4S2. The Morgan fingerprint density at radius 2 is 2.04 bits per heavy atom. The molecule has 0 saturated carbocycles. The molecule has 0 spiro atoms. The molecule has 0 N–H and O–H groups in total. The molecule has 1 saturated heterocycles. The van der Waals surface area contributed by atoms with Crippen LogP contribution in [0, 0.1) is 0 Å². The number of ether oxygens (including phenoxy) is 1. The molecular weight excluding hydrogens is 394 g/mol. The summed E-state index contributed by atoms with van der Waals surface area (Å²) < 4.78 is 28.7.